The molecular formula is C11H24. The molecule has 0 heteroatoms. The van der Waals surface area contributed by atoms with E-state index in [1.807, 2.05) is 0 Å². The van der Waals surface area contributed by atoms with Crippen LogP contribution in [0.25, 0.3) is 0 Å². The molecule has 0 heterocycles. The molecule has 0 nitrogen and oxygen atoms in total. The monoisotopic (exact) mass is 156 g/mol. The summed E-state index contributed by atoms with van der Waals surface area (Å²) in [5.41, 5.74) is 0. The lowest BCUT2D eigenvalue weighted by Crippen LogP contribution is -2.25. The zero-order valence-corrected chi connectivity index (χ0v) is 8.27. The summed E-state index contributed by atoms with van der Waals surface area (Å²) in [6.07, 6.45) is 7.27. The van der Waals surface area contributed by atoms with Gasteiger partial charge in [0.2, 0.25) is 0 Å². The summed E-state index contributed by atoms with van der Waals surface area (Å²) in [5, 5.41) is 0. The molecule has 0 aromatic rings. The predicted molar refractivity (Wildman–Crippen MR) is 52.7 cm³/mol. The van der Waals surface area contributed by atoms with E-state index >= 15 is 0 Å². The van der Waals surface area contributed by atoms with Crippen LogP contribution in [0.3, 0.4) is 0 Å². The molecule has 68 valence electrons. The molecule has 0 aliphatic heterocycles. The minimum absolute atomic E-state index is 0. The molecule has 1 unspecified atom stereocenters. The fraction of sp³-hybridized carbons (Fsp3) is 1.00. The second-order valence-corrected chi connectivity index (χ2v) is 4.15. The van der Waals surface area contributed by atoms with Gasteiger partial charge in [-0.15, -0.1) is 0 Å². The maximum Gasteiger partial charge on any atom is 0 e. The van der Waals surface area contributed by atoms with Crippen LogP contribution in [0.2, 0.25) is 0 Å². The molecule has 0 spiro atoms. The van der Waals surface area contributed by atoms with Gasteiger partial charge in [0.25, 0.3) is 0 Å². The molecule has 0 bridgehead atoms. The molecule has 1 rings (SSSR count). The molecule has 0 aromatic carbocycles. The lowest BCUT2D eigenvalue weighted by molar-refractivity contribution is 0.155. The summed E-state index contributed by atoms with van der Waals surface area (Å²) < 4.78 is 0. The van der Waals surface area contributed by atoms with E-state index in [2.05, 4.69) is 20.8 Å². The van der Waals surface area contributed by atoms with Crippen molar-refractivity contribution in [3.05, 3.63) is 0 Å². The van der Waals surface area contributed by atoms with E-state index in [0.717, 1.165) is 17.8 Å². The van der Waals surface area contributed by atoms with Crippen molar-refractivity contribution < 1.29 is 1.43 Å². The van der Waals surface area contributed by atoms with Crippen LogP contribution in [0.4, 0.5) is 0 Å². The highest BCUT2D eigenvalue weighted by atomic mass is 14.3. The number of rotatable bonds is 2. The standard InChI is InChI=1S/C11H22.H2/c1-4-10-8-6-7-9(3)11(10)5-2;/h9-11H,4-8H2,1-3H3;1H/t9-,10+,11?;/m1./s1. The Bertz CT molecular complexity index is 112. The van der Waals surface area contributed by atoms with Gasteiger partial charge in [0.05, 0.1) is 0 Å². The molecule has 0 amide bonds. The smallest absolute Gasteiger partial charge is 0 e. The van der Waals surface area contributed by atoms with Crippen LogP contribution < -0.4 is 0 Å². The minimum atomic E-state index is 0. The molecule has 0 N–H and O–H groups in total. The first-order valence-electron chi connectivity index (χ1n) is 5.29. The predicted octanol–water partition coefficient (Wildman–Crippen LogP) is 4.10. The average molecular weight is 156 g/mol. The Morgan fingerprint density at radius 2 is 1.91 bits per heavy atom. The van der Waals surface area contributed by atoms with Crippen molar-refractivity contribution in [2.75, 3.05) is 0 Å². The van der Waals surface area contributed by atoms with Crippen LogP contribution in [-0.2, 0) is 0 Å². The molecule has 0 radical (unpaired) electrons. The Hall–Kier alpha value is 0. The van der Waals surface area contributed by atoms with Crippen molar-refractivity contribution in [3.8, 4) is 0 Å². The highest BCUT2D eigenvalue weighted by molar-refractivity contribution is 4.78. The molecule has 1 saturated carbocycles. The largest absolute Gasteiger partial charge is 0.0651 e. The molecule has 3 atom stereocenters. The normalized spacial score (nSPS) is 39.0. The second-order valence-electron chi connectivity index (χ2n) is 4.15. The molecule has 0 saturated heterocycles. The Labute approximate surface area is 72.9 Å². The molecule has 1 aliphatic rings. The molecular weight excluding hydrogens is 132 g/mol. The SMILES string of the molecule is CCC1[C@@H](CC)CCC[C@H]1C.[HH]. The van der Waals surface area contributed by atoms with Gasteiger partial charge in [0.1, 0.15) is 0 Å². The lowest BCUT2D eigenvalue weighted by atomic mass is 9.71. The van der Waals surface area contributed by atoms with Gasteiger partial charge >= 0.3 is 0 Å². The van der Waals surface area contributed by atoms with Gasteiger partial charge in [0.15, 0.2) is 0 Å². The van der Waals surface area contributed by atoms with Gasteiger partial charge < -0.3 is 0 Å². The first-order valence-corrected chi connectivity index (χ1v) is 5.29. The van der Waals surface area contributed by atoms with Crippen molar-refractivity contribution in [1.82, 2.24) is 0 Å². The zero-order valence-electron chi connectivity index (χ0n) is 8.27. The van der Waals surface area contributed by atoms with Gasteiger partial charge in [-0.05, 0) is 17.8 Å². The molecule has 1 fully saturated rings. The van der Waals surface area contributed by atoms with Crippen LogP contribution in [0.5, 0.6) is 0 Å². The van der Waals surface area contributed by atoms with Crippen LogP contribution in [-0.4, -0.2) is 0 Å². The average Bonchev–Trinajstić information content (AvgIpc) is 2.04. The molecule has 1 aliphatic carbocycles. The van der Waals surface area contributed by atoms with Gasteiger partial charge in [0, 0.05) is 1.43 Å². The van der Waals surface area contributed by atoms with E-state index in [1.54, 1.807) is 0 Å². The van der Waals surface area contributed by atoms with Crippen molar-refractivity contribution in [1.29, 1.82) is 0 Å². The van der Waals surface area contributed by atoms with Crippen LogP contribution >= 0.6 is 0 Å². The van der Waals surface area contributed by atoms with E-state index in [4.69, 9.17) is 0 Å². The fourth-order valence-electron chi connectivity index (χ4n) is 2.84. The van der Waals surface area contributed by atoms with E-state index < -0.39 is 0 Å². The third-order valence-electron chi connectivity index (χ3n) is 3.57. The third kappa shape index (κ3) is 1.98. The van der Waals surface area contributed by atoms with Crippen molar-refractivity contribution in [2.45, 2.75) is 52.9 Å². The van der Waals surface area contributed by atoms with E-state index in [1.165, 1.54) is 32.1 Å². The van der Waals surface area contributed by atoms with Crippen LogP contribution in [0.15, 0.2) is 0 Å². The summed E-state index contributed by atoms with van der Waals surface area (Å²) in [7, 11) is 0. The summed E-state index contributed by atoms with van der Waals surface area (Å²) in [4.78, 5) is 0. The van der Waals surface area contributed by atoms with Gasteiger partial charge in [-0.3, -0.25) is 0 Å². The summed E-state index contributed by atoms with van der Waals surface area (Å²) in [5.74, 6) is 3.08. The highest BCUT2D eigenvalue weighted by Gasteiger charge is 2.27. The summed E-state index contributed by atoms with van der Waals surface area (Å²) >= 11 is 0. The Balaban J connectivity index is 0.00000121. The first-order chi connectivity index (χ1) is 5.29. The Morgan fingerprint density at radius 1 is 1.18 bits per heavy atom. The van der Waals surface area contributed by atoms with Gasteiger partial charge in [-0.1, -0.05) is 52.9 Å². The van der Waals surface area contributed by atoms with Crippen LogP contribution in [0, 0.1) is 17.8 Å². The summed E-state index contributed by atoms with van der Waals surface area (Å²) in [6, 6.07) is 0. The first kappa shape index (κ1) is 9.09. The zero-order chi connectivity index (χ0) is 8.27. The number of hydrogen-bond acceptors (Lipinski definition) is 0. The summed E-state index contributed by atoms with van der Waals surface area (Å²) in [6.45, 7) is 7.15. The Kier molecular flexibility index (Phi) is 3.42. The van der Waals surface area contributed by atoms with Crippen molar-refractivity contribution in [2.24, 2.45) is 17.8 Å². The number of hydrogen-bond donors (Lipinski definition) is 0. The Morgan fingerprint density at radius 3 is 2.36 bits per heavy atom. The maximum atomic E-state index is 2.44. The van der Waals surface area contributed by atoms with E-state index in [9.17, 15) is 0 Å². The van der Waals surface area contributed by atoms with Gasteiger partial charge in [-0.2, -0.15) is 0 Å². The fourth-order valence-corrected chi connectivity index (χ4v) is 2.84. The molecule has 11 heavy (non-hydrogen) atoms. The van der Waals surface area contributed by atoms with E-state index in [-0.39, 0.29) is 1.43 Å². The minimum Gasteiger partial charge on any atom is -0.0651 e. The quantitative estimate of drug-likeness (QED) is 0.564. The van der Waals surface area contributed by atoms with Crippen LogP contribution in [0.1, 0.15) is 54.3 Å². The second kappa shape index (κ2) is 4.13. The van der Waals surface area contributed by atoms with Crippen molar-refractivity contribution >= 4 is 0 Å². The maximum absolute atomic E-state index is 2.44. The van der Waals surface area contributed by atoms with E-state index in [0.29, 0.717) is 0 Å². The topological polar surface area (TPSA) is 0 Å². The molecule has 0 aromatic heterocycles. The van der Waals surface area contributed by atoms with Gasteiger partial charge in [-0.25, -0.2) is 0 Å². The highest BCUT2D eigenvalue weighted by Crippen LogP contribution is 2.38. The lowest BCUT2D eigenvalue weighted by Gasteiger charge is -2.35. The van der Waals surface area contributed by atoms with Crippen molar-refractivity contribution in [3.63, 3.8) is 0 Å². The third-order valence-corrected chi connectivity index (χ3v) is 3.57.